The number of carbonyl (C=O) groups excluding carboxylic acids is 1. The van der Waals surface area contributed by atoms with Crippen LogP contribution in [-0.4, -0.2) is 39.9 Å². The fourth-order valence-corrected chi connectivity index (χ4v) is 2.13. The maximum absolute atomic E-state index is 11.6. The van der Waals surface area contributed by atoms with Crippen LogP contribution in [0.5, 0.6) is 0 Å². The molecule has 0 fully saturated rings. The second-order valence-electron chi connectivity index (χ2n) is 4.35. The lowest BCUT2D eigenvalue weighted by atomic mass is 10.1. The number of carboxylic acid groups (broad SMARTS) is 1. The molecule has 7 heteroatoms. The van der Waals surface area contributed by atoms with Crippen LogP contribution in [0, 0.1) is 6.92 Å². The molecular weight excluding hydrogens is 280 g/mol. The summed E-state index contributed by atoms with van der Waals surface area (Å²) in [6.45, 7) is 2.17. The number of hydrogen-bond acceptors (Lipinski definition) is 3. The number of amides is 2. The summed E-state index contributed by atoms with van der Waals surface area (Å²) in [7, 11) is -0.856. The molecule has 2 amide bonds. The Hall–Kier alpha value is -1.89. The van der Waals surface area contributed by atoms with Gasteiger partial charge in [0, 0.05) is 35.0 Å². The van der Waals surface area contributed by atoms with Crippen LogP contribution < -0.4 is 10.6 Å². The van der Waals surface area contributed by atoms with Gasteiger partial charge >= 0.3 is 12.0 Å². The number of hydrogen-bond donors (Lipinski definition) is 3. The number of carboxylic acids is 1. The molecule has 1 atom stereocenters. The SMILES string of the molecule is Cc1cc(C(=O)O)ccc1NC(=O)NCCCS(C)=O. The van der Waals surface area contributed by atoms with E-state index in [2.05, 4.69) is 10.6 Å². The smallest absolute Gasteiger partial charge is 0.335 e. The molecule has 0 spiro atoms. The van der Waals surface area contributed by atoms with Gasteiger partial charge in [-0.15, -0.1) is 0 Å². The van der Waals surface area contributed by atoms with E-state index >= 15 is 0 Å². The minimum atomic E-state index is -1.00. The van der Waals surface area contributed by atoms with Crippen LogP contribution in [0.2, 0.25) is 0 Å². The standard InChI is InChI=1S/C13H18N2O4S/c1-9-8-10(12(16)17)4-5-11(9)15-13(18)14-6-3-7-20(2)19/h4-5,8H,3,6-7H2,1-2H3,(H,16,17)(H2,14,15,18). The van der Waals surface area contributed by atoms with Gasteiger partial charge < -0.3 is 15.7 Å². The quantitative estimate of drug-likeness (QED) is 0.695. The van der Waals surface area contributed by atoms with Crippen molar-refractivity contribution in [2.24, 2.45) is 0 Å². The van der Waals surface area contributed by atoms with E-state index in [0.717, 1.165) is 0 Å². The van der Waals surface area contributed by atoms with Crippen molar-refractivity contribution in [1.82, 2.24) is 5.32 Å². The van der Waals surface area contributed by atoms with Gasteiger partial charge in [0.15, 0.2) is 0 Å². The first-order valence-electron chi connectivity index (χ1n) is 6.09. The zero-order valence-electron chi connectivity index (χ0n) is 11.4. The molecule has 0 saturated carbocycles. The molecule has 0 aliphatic carbocycles. The van der Waals surface area contributed by atoms with Crippen molar-refractivity contribution in [2.45, 2.75) is 13.3 Å². The maximum Gasteiger partial charge on any atom is 0.335 e. The molecular formula is C13H18N2O4S. The van der Waals surface area contributed by atoms with Crippen molar-refractivity contribution < 1.29 is 18.9 Å². The maximum atomic E-state index is 11.6. The van der Waals surface area contributed by atoms with Gasteiger partial charge in [0.1, 0.15) is 0 Å². The second-order valence-corrected chi connectivity index (χ2v) is 5.90. The van der Waals surface area contributed by atoms with Crippen LogP contribution in [0.25, 0.3) is 0 Å². The molecule has 110 valence electrons. The molecule has 0 aliphatic rings. The first kappa shape index (κ1) is 16.2. The van der Waals surface area contributed by atoms with Gasteiger partial charge in [-0.2, -0.15) is 0 Å². The van der Waals surface area contributed by atoms with E-state index in [1.54, 1.807) is 19.2 Å². The van der Waals surface area contributed by atoms with Crippen LogP contribution in [0.3, 0.4) is 0 Å². The highest BCUT2D eigenvalue weighted by molar-refractivity contribution is 7.84. The molecule has 1 aromatic rings. The highest BCUT2D eigenvalue weighted by atomic mass is 32.2. The minimum absolute atomic E-state index is 0.180. The zero-order valence-corrected chi connectivity index (χ0v) is 12.3. The van der Waals surface area contributed by atoms with Crippen molar-refractivity contribution in [3.8, 4) is 0 Å². The number of anilines is 1. The van der Waals surface area contributed by atoms with Gasteiger partial charge in [-0.05, 0) is 37.1 Å². The van der Waals surface area contributed by atoms with Crippen LogP contribution >= 0.6 is 0 Å². The van der Waals surface area contributed by atoms with Crippen molar-refractivity contribution in [1.29, 1.82) is 0 Å². The second kappa shape index (κ2) is 7.64. The summed E-state index contributed by atoms with van der Waals surface area (Å²) >= 11 is 0. The molecule has 0 aliphatic heterocycles. The number of aromatic carboxylic acids is 1. The average molecular weight is 298 g/mol. The van der Waals surface area contributed by atoms with E-state index in [1.165, 1.54) is 12.1 Å². The van der Waals surface area contributed by atoms with Gasteiger partial charge in [-0.25, -0.2) is 9.59 Å². The lowest BCUT2D eigenvalue weighted by Gasteiger charge is -2.10. The van der Waals surface area contributed by atoms with Crippen molar-refractivity contribution in [3.63, 3.8) is 0 Å². The molecule has 20 heavy (non-hydrogen) atoms. The monoisotopic (exact) mass is 298 g/mol. The summed E-state index contributed by atoms with van der Waals surface area (Å²) in [5.41, 5.74) is 1.42. The molecule has 0 radical (unpaired) electrons. The Bertz CT molecular complexity index is 531. The van der Waals surface area contributed by atoms with E-state index < -0.39 is 16.8 Å². The van der Waals surface area contributed by atoms with Crippen LogP contribution in [0.1, 0.15) is 22.3 Å². The Morgan fingerprint density at radius 1 is 1.35 bits per heavy atom. The Morgan fingerprint density at radius 3 is 2.60 bits per heavy atom. The molecule has 0 heterocycles. The third-order valence-electron chi connectivity index (χ3n) is 2.62. The Morgan fingerprint density at radius 2 is 2.05 bits per heavy atom. The Balaban J connectivity index is 2.50. The highest BCUT2D eigenvalue weighted by Gasteiger charge is 2.08. The minimum Gasteiger partial charge on any atom is -0.478 e. The average Bonchev–Trinajstić information content (AvgIpc) is 2.36. The number of rotatable bonds is 6. The molecule has 3 N–H and O–H groups in total. The van der Waals surface area contributed by atoms with Crippen LogP contribution in [0.15, 0.2) is 18.2 Å². The van der Waals surface area contributed by atoms with Crippen LogP contribution in [0.4, 0.5) is 10.5 Å². The fraction of sp³-hybridized carbons (Fsp3) is 0.385. The number of urea groups is 1. The van der Waals surface area contributed by atoms with Gasteiger partial charge in [0.25, 0.3) is 0 Å². The lowest BCUT2D eigenvalue weighted by Crippen LogP contribution is -2.30. The summed E-state index contributed by atoms with van der Waals surface area (Å²) in [4.78, 5) is 22.4. The Labute approximate surface area is 120 Å². The van der Waals surface area contributed by atoms with E-state index in [1.807, 2.05) is 0 Å². The van der Waals surface area contributed by atoms with E-state index in [-0.39, 0.29) is 11.6 Å². The van der Waals surface area contributed by atoms with E-state index in [0.29, 0.717) is 30.0 Å². The molecule has 0 aromatic heterocycles. The molecule has 0 bridgehead atoms. The largest absolute Gasteiger partial charge is 0.478 e. The van der Waals surface area contributed by atoms with Gasteiger partial charge in [-0.1, -0.05) is 0 Å². The third-order valence-corrected chi connectivity index (χ3v) is 3.48. The summed E-state index contributed by atoms with van der Waals surface area (Å²) < 4.78 is 10.8. The molecule has 1 rings (SSSR count). The first-order valence-corrected chi connectivity index (χ1v) is 7.81. The molecule has 1 unspecified atom stereocenters. The lowest BCUT2D eigenvalue weighted by molar-refractivity contribution is 0.0697. The zero-order chi connectivity index (χ0) is 15.1. The van der Waals surface area contributed by atoms with E-state index in [4.69, 9.17) is 5.11 Å². The van der Waals surface area contributed by atoms with E-state index in [9.17, 15) is 13.8 Å². The van der Waals surface area contributed by atoms with Crippen molar-refractivity contribution in [2.75, 3.05) is 23.9 Å². The van der Waals surface area contributed by atoms with Crippen molar-refractivity contribution >= 4 is 28.5 Å². The molecule has 0 saturated heterocycles. The molecule has 6 nitrogen and oxygen atoms in total. The van der Waals surface area contributed by atoms with Gasteiger partial charge in [0.2, 0.25) is 0 Å². The number of aryl methyl sites for hydroxylation is 1. The van der Waals surface area contributed by atoms with Crippen LogP contribution in [-0.2, 0) is 10.8 Å². The normalized spacial score (nSPS) is 11.7. The third kappa shape index (κ3) is 5.40. The Kier molecular flexibility index (Phi) is 6.17. The topological polar surface area (TPSA) is 95.5 Å². The highest BCUT2D eigenvalue weighted by Crippen LogP contribution is 2.16. The molecule has 1 aromatic carbocycles. The summed E-state index contributed by atoms with van der Waals surface area (Å²) in [6.07, 6.45) is 2.26. The first-order chi connectivity index (χ1) is 9.40. The summed E-state index contributed by atoms with van der Waals surface area (Å²) in [6, 6.07) is 4.13. The number of nitrogens with one attached hydrogen (secondary N) is 2. The summed E-state index contributed by atoms with van der Waals surface area (Å²) in [5, 5.41) is 14.1. The summed E-state index contributed by atoms with van der Waals surface area (Å²) in [5.74, 6) is -0.455. The number of carbonyl (C=O) groups is 2. The van der Waals surface area contributed by atoms with Gasteiger partial charge in [0.05, 0.1) is 5.56 Å². The predicted molar refractivity (Wildman–Crippen MR) is 78.7 cm³/mol. The fourth-order valence-electron chi connectivity index (χ4n) is 1.58. The van der Waals surface area contributed by atoms with Crippen molar-refractivity contribution in [3.05, 3.63) is 29.3 Å². The number of benzene rings is 1. The predicted octanol–water partition coefficient (Wildman–Crippen LogP) is 1.58. The van der Waals surface area contributed by atoms with Gasteiger partial charge in [-0.3, -0.25) is 4.21 Å².